The third kappa shape index (κ3) is 2.83. The van der Waals surface area contributed by atoms with E-state index in [2.05, 4.69) is 15.9 Å². The van der Waals surface area contributed by atoms with Gasteiger partial charge in [-0.05, 0) is 28.8 Å². The maximum Gasteiger partial charge on any atom is 0.331 e. The van der Waals surface area contributed by atoms with Crippen LogP contribution in [0.4, 0.5) is 0 Å². The number of benzene rings is 2. The van der Waals surface area contributed by atoms with E-state index in [1.54, 1.807) is 6.08 Å². The fourth-order valence-electron chi connectivity index (χ4n) is 2.33. The van der Waals surface area contributed by atoms with Crippen molar-refractivity contribution in [3.8, 4) is 0 Å². The summed E-state index contributed by atoms with van der Waals surface area (Å²) in [5, 5.41) is 0. The Hall–Kier alpha value is -1.87. The number of cyclic esters (lactones) is 1. The van der Waals surface area contributed by atoms with Crippen LogP contribution in [0, 0.1) is 0 Å². The van der Waals surface area contributed by atoms with Crippen molar-refractivity contribution in [1.29, 1.82) is 0 Å². The Balaban J connectivity index is 1.89. The zero-order valence-electron chi connectivity index (χ0n) is 10.8. The second-order valence-corrected chi connectivity index (χ2v) is 5.63. The molecule has 3 rings (SSSR count). The average Bonchev–Trinajstić information content (AvgIpc) is 2.48. The molecule has 2 nitrogen and oxygen atoms in total. The average molecular weight is 329 g/mol. The highest BCUT2D eigenvalue weighted by atomic mass is 79.9. The van der Waals surface area contributed by atoms with Crippen molar-refractivity contribution < 1.29 is 9.53 Å². The van der Waals surface area contributed by atoms with E-state index in [-0.39, 0.29) is 12.1 Å². The molecule has 0 fully saturated rings. The Morgan fingerprint density at radius 2 is 1.70 bits per heavy atom. The van der Waals surface area contributed by atoms with Crippen molar-refractivity contribution in [2.24, 2.45) is 0 Å². The van der Waals surface area contributed by atoms with Gasteiger partial charge in [-0.1, -0.05) is 58.4 Å². The number of esters is 1. The molecule has 1 atom stereocenters. The molecule has 0 radical (unpaired) electrons. The summed E-state index contributed by atoms with van der Waals surface area (Å²) in [5.74, 6) is -0.275. The van der Waals surface area contributed by atoms with E-state index in [4.69, 9.17) is 4.74 Å². The molecule has 1 aliphatic heterocycles. The third-order valence-corrected chi connectivity index (χ3v) is 3.87. The largest absolute Gasteiger partial charge is 0.454 e. The molecule has 0 saturated carbocycles. The van der Waals surface area contributed by atoms with E-state index in [0.29, 0.717) is 6.42 Å². The van der Waals surface area contributed by atoms with Gasteiger partial charge in [0.15, 0.2) is 0 Å². The topological polar surface area (TPSA) is 26.3 Å². The van der Waals surface area contributed by atoms with Crippen LogP contribution in [-0.4, -0.2) is 5.97 Å². The zero-order chi connectivity index (χ0) is 13.9. The van der Waals surface area contributed by atoms with E-state index < -0.39 is 0 Å². The van der Waals surface area contributed by atoms with Crippen molar-refractivity contribution in [2.75, 3.05) is 0 Å². The third-order valence-electron chi connectivity index (χ3n) is 3.34. The van der Waals surface area contributed by atoms with Gasteiger partial charge in [0.1, 0.15) is 6.10 Å². The van der Waals surface area contributed by atoms with Crippen LogP contribution in [0.2, 0.25) is 0 Å². The predicted octanol–water partition coefficient (Wildman–Crippen LogP) is 4.52. The molecule has 0 aliphatic carbocycles. The van der Waals surface area contributed by atoms with E-state index >= 15 is 0 Å². The zero-order valence-corrected chi connectivity index (χ0v) is 12.3. The molecule has 1 aliphatic rings. The van der Waals surface area contributed by atoms with Gasteiger partial charge in [-0.2, -0.15) is 0 Å². The van der Waals surface area contributed by atoms with Crippen molar-refractivity contribution >= 4 is 27.5 Å². The van der Waals surface area contributed by atoms with Gasteiger partial charge in [0, 0.05) is 17.0 Å². The number of hydrogen-bond donors (Lipinski definition) is 0. The predicted molar refractivity (Wildman–Crippen MR) is 82.0 cm³/mol. The molecule has 0 N–H and O–H groups in total. The lowest BCUT2D eigenvalue weighted by Gasteiger charge is -2.23. The summed E-state index contributed by atoms with van der Waals surface area (Å²) in [6.45, 7) is 0. The number of carbonyl (C=O) groups is 1. The van der Waals surface area contributed by atoms with Gasteiger partial charge >= 0.3 is 5.97 Å². The first-order valence-corrected chi connectivity index (χ1v) is 7.24. The summed E-state index contributed by atoms with van der Waals surface area (Å²) in [5.41, 5.74) is 3.11. The molecule has 2 aromatic rings. The Morgan fingerprint density at radius 3 is 2.40 bits per heavy atom. The molecule has 3 heteroatoms. The number of ether oxygens (including phenoxy) is 1. The van der Waals surface area contributed by atoms with Crippen molar-refractivity contribution in [3.63, 3.8) is 0 Å². The van der Waals surface area contributed by atoms with Gasteiger partial charge in [-0.3, -0.25) is 0 Å². The molecule has 1 heterocycles. The molecular formula is C17H13BrO2. The summed E-state index contributed by atoms with van der Waals surface area (Å²) < 4.78 is 6.45. The molecular weight excluding hydrogens is 316 g/mol. The molecule has 100 valence electrons. The fourth-order valence-corrected chi connectivity index (χ4v) is 2.60. The molecule has 0 amide bonds. The van der Waals surface area contributed by atoms with E-state index in [1.165, 1.54) is 0 Å². The minimum Gasteiger partial charge on any atom is -0.454 e. The van der Waals surface area contributed by atoms with Crippen molar-refractivity contribution in [3.05, 3.63) is 76.3 Å². The number of carbonyl (C=O) groups excluding carboxylic acids is 1. The van der Waals surface area contributed by atoms with E-state index in [9.17, 15) is 4.79 Å². The highest BCUT2D eigenvalue weighted by Crippen LogP contribution is 2.34. The lowest BCUT2D eigenvalue weighted by atomic mass is 9.94. The molecule has 0 saturated heterocycles. The number of hydrogen-bond acceptors (Lipinski definition) is 2. The molecule has 0 aromatic heterocycles. The number of rotatable bonds is 2. The van der Waals surface area contributed by atoms with Crippen molar-refractivity contribution in [1.82, 2.24) is 0 Å². The molecule has 0 unspecified atom stereocenters. The molecule has 20 heavy (non-hydrogen) atoms. The molecule has 0 spiro atoms. The Labute approximate surface area is 126 Å². The second-order valence-electron chi connectivity index (χ2n) is 4.72. The SMILES string of the molecule is O=C1C=C(c2ccccc2)C[C@H](c2ccc(Br)cc2)O1. The Kier molecular flexibility index (Phi) is 3.70. The highest BCUT2D eigenvalue weighted by Gasteiger charge is 2.23. The van der Waals surface area contributed by atoms with Crippen LogP contribution in [0.1, 0.15) is 23.7 Å². The minimum atomic E-state index is -0.275. The fraction of sp³-hybridized carbons (Fsp3) is 0.118. The smallest absolute Gasteiger partial charge is 0.331 e. The second kappa shape index (κ2) is 5.63. The standard InChI is InChI=1S/C17H13BrO2/c18-15-8-6-13(7-9-15)16-10-14(11-17(19)20-16)12-4-2-1-3-5-12/h1-9,11,16H,10H2/t16-/m1/s1. The van der Waals surface area contributed by atoms with E-state index in [0.717, 1.165) is 21.2 Å². The van der Waals surface area contributed by atoms with Gasteiger partial charge in [0.05, 0.1) is 0 Å². The van der Waals surface area contributed by atoms with Crippen LogP contribution in [-0.2, 0) is 9.53 Å². The number of halogens is 1. The molecule has 2 aromatic carbocycles. The van der Waals surface area contributed by atoms with Crippen molar-refractivity contribution in [2.45, 2.75) is 12.5 Å². The first-order valence-electron chi connectivity index (χ1n) is 6.44. The van der Waals surface area contributed by atoms with Crippen LogP contribution >= 0.6 is 15.9 Å². The summed E-state index contributed by atoms with van der Waals surface area (Å²) >= 11 is 3.41. The maximum absolute atomic E-state index is 11.8. The van der Waals surface area contributed by atoms with Crippen LogP contribution in [0.3, 0.4) is 0 Å². The van der Waals surface area contributed by atoms with Gasteiger partial charge in [-0.15, -0.1) is 0 Å². The van der Waals surface area contributed by atoms with Gasteiger partial charge in [0.2, 0.25) is 0 Å². The Bertz CT molecular complexity index is 644. The van der Waals surface area contributed by atoms with Crippen LogP contribution in [0.15, 0.2) is 65.1 Å². The van der Waals surface area contributed by atoms with Gasteiger partial charge in [-0.25, -0.2) is 4.79 Å². The summed E-state index contributed by atoms with van der Waals surface area (Å²) in [4.78, 5) is 11.8. The van der Waals surface area contributed by atoms with Crippen LogP contribution in [0.25, 0.3) is 5.57 Å². The van der Waals surface area contributed by atoms with Crippen LogP contribution in [0.5, 0.6) is 0 Å². The molecule has 0 bridgehead atoms. The summed E-state index contributed by atoms with van der Waals surface area (Å²) in [6.07, 6.45) is 2.08. The van der Waals surface area contributed by atoms with E-state index in [1.807, 2.05) is 54.6 Å². The lowest BCUT2D eigenvalue weighted by Crippen LogP contribution is -2.15. The van der Waals surface area contributed by atoms with Gasteiger partial charge < -0.3 is 4.74 Å². The minimum absolute atomic E-state index is 0.212. The van der Waals surface area contributed by atoms with Gasteiger partial charge in [0.25, 0.3) is 0 Å². The Morgan fingerprint density at radius 1 is 1.00 bits per heavy atom. The lowest BCUT2D eigenvalue weighted by molar-refractivity contribution is -0.144. The first kappa shape index (κ1) is 13.1. The normalized spacial score (nSPS) is 18.4. The summed E-state index contributed by atoms with van der Waals surface area (Å²) in [7, 11) is 0. The quantitative estimate of drug-likeness (QED) is 0.757. The first-order chi connectivity index (χ1) is 9.72. The summed E-state index contributed by atoms with van der Waals surface area (Å²) in [6, 6.07) is 17.8. The highest BCUT2D eigenvalue weighted by molar-refractivity contribution is 9.10. The monoisotopic (exact) mass is 328 g/mol. The maximum atomic E-state index is 11.8. The van der Waals surface area contributed by atoms with Crippen LogP contribution < -0.4 is 0 Å².